The van der Waals surface area contributed by atoms with Gasteiger partial charge in [0.2, 0.25) is 17.6 Å². The Labute approximate surface area is 213 Å². The number of hydrogen-bond donors (Lipinski definition) is 1. The predicted molar refractivity (Wildman–Crippen MR) is 136 cm³/mol. The van der Waals surface area contributed by atoms with Crippen molar-refractivity contribution in [1.29, 1.82) is 0 Å². The number of tetrazole rings is 1. The molecule has 36 heavy (non-hydrogen) atoms. The van der Waals surface area contributed by atoms with Crippen LogP contribution in [0.3, 0.4) is 0 Å². The Morgan fingerprint density at radius 2 is 1.86 bits per heavy atom. The number of methoxy groups -OCH3 is 2. The van der Waals surface area contributed by atoms with Gasteiger partial charge in [0, 0.05) is 30.9 Å². The predicted octanol–water partition coefficient (Wildman–Crippen LogP) is 2.70. The molecular weight excluding hydrogens is 464 g/mol. The van der Waals surface area contributed by atoms with Gasteiger partial charge in [-0.15, -0.1) is 10.2 Å². The number of rotatable bonds is 14. The summed E-state index contributed by atoms with van der Waals surface area (Å²) in [6, 6.07) is 4.69. The molecular formula is C25H40N6O5. The van der Waals surface area contributed by atoms with E-state index in [0.717, 1.165) is 6.42 Å². The maximum Gasteiger partial charge on any atom is 0.246 e. The van der Waals surface area contributed by atoms with Crippen molar-refractivity contribution >= 4 is 11.8 Å². The first-order chi connectivity index (χ1) is 17.1. The number of benzene rings is 1. The Balaban J connectivity index is 2.24. The second-order valence-corrected chi connectivity index (χ2v) is 9.39. The minimum atomic E-state index is -0.600. The van der Waals surface area contributed by atoms with E-state index in [4.69, 9.17) is 14.2 Å². The van der Waals surface area contributed by atoms with Crippen LogP contribution >= 0.6 is 0 Å². The normalized spacial score (nSPS) is 12.2. The molecule has 1 aromatic carbocycles. The van der Waals surface area contributed by atoms with Crippen molar-refractivity contribution in [3.05, 3.63) is 18.2 Å². The van der Waals surface area contributed by atoms with Crippen LogP contribution in [0.25, 0.3) is 11.4 Å². The summed E-state index contributed by atoms with van der Waals surface area (Å²) in [6.45, 7) is 11.0. The summed E-state index contributed by atoms with van der Waals surface area (Å²) in [5.74, 6) is 1.04. The summed E-state index contributed by atoms with van der Waals surface area (Å²) in [5.41, 5.74) is 0.263. The molecule has 0 fully saturated rings. The Morgan fingerprint density at radius 3 is 2.47 bits per heavy atom. The summed E-state index contributed by atoms with van der Waals surface area (Å²) in [6.07, 6.45) is 1.91. The molecule has 0 spiro atoms. The molecule has 2 rings (SSSR count). The molecule has 0 aliphatic rings. The SMILES string of the molecule is CCCC(C(=O)NC(C)(C)C)N(CCCOCC)C(=O)Cn1nnc(-c2ccc(OC)c(OC)c2)n1. The van der Waals surface area contributed by atoms with Crippen LogP contribution in [0.15, 0.2) is 18.2 Å². The van der Waals surface area contributed by atoms with E-state index in [1.807, 2.05) is 34.6 Å². The van der Waals surface area contributed by atoms with Crippen molar-refractivity contribution in [1.82, 2.24) is 30.4 Å². The highest BCUT2D eigenvalue weighted by Crippen LogP contribution is 2.30. The number of nitrogens with zero attached hydrogens (tertiary/aromatic N) is 5. The van der Waals surface area contributed by atoms with Crippen LogP contribution < -0.4 is 14.8 Å². The van der Waals surface area contributed by atoms with Gasteiger partial charge in [0.25, 0.3) is 0 Å². The largest absolute Gasteiger partial charge is 0.493 e. The molecule has 0 aliphatic heterocycles. The molecule has 0 aliphatic carbocycles. The van der Waals surface area contributed by atoms with Crippen molar-refractivity contribution in [3.63, 3.8) is 0 Å². The lowest BCUT2D eigenvalue weighted by Gasteiger charge is -2.33. The van der Waals surface area contributed by atoms with Crippen LogP contribution in [0.5, 0.6) is 11.5 Å². The fraction of sp³-hybridized carbons (Fsp3) is 0.640. The molecule has 0 radical (unpaired) electrons. The molecule has 1 N–H and O–H groups in total. The zero-order chi connectivity index (χ0) is 26.7. The van der Waals surface area contributed by atoms with Crippen molar-refractivity contribution in [2.24, 2.45) is 0 Å². The molecule has 1 unspecified atom stereocenters. The second-order valence-electron chi connectivity index (χ2n) is 9.39. The van der Waals surface area contributed by atoms with Crippen LogP contribution in [0.1, 0.15) is 53.9 Å². The lowest BCUT2D eigenvalue weighted by Crippen LogP contribution is -2.54. The molecule has 2 amide bonds. The first-order valence-electron chi connectivity index (χ1n) is 12.3. The highest BCUT2D eigenvalue weighted by molar-refractivity contribution is 5.88. The Morgan fingerprint density at radius 1 is 1.14 bits per heavy atom. The van der Waals surface area contributed by atoms with Gasteiger partial charge in [0.15, 0.2) is 11.5 Å². The molecule has 200 valence electrons. The Kier molecular flexibility index (Phi) is 11.1. The molecule has 11 heteroatoms. The standard InChI is InChI=1S/C25H40N6O5/c1-8-11-19(24(33)26-25(3,4)5)30(14-10-15-36-9-2)22(32)17-31-28-23(27-29-31)18-12-13-20(34-6)21(16-18)35-7/h12-13,16,19H,8-11,14-15,17H2,1-7H3,(H,26,33). The minimum absolute atomic E-state index is 0.141. The number of nitrogens with one attached hydrogen (secondary N) is 1. The van der Waals surface area contributed by atoms with Crippen molar-refractivity contribution in [2.75, 3.05) is 34.0 Å². The average molecular weight is 505 g/mol. The van der Waals surface area contributed by atoms with Gasteiger partial charge < -0.3 is 24.4 Å². The second kappa shape index (κ2) is 13.8. The molecule has 11 nitrogen and oxygen atoms in total. The minimum Gasteiger partial charge on any atom is -0.493 e. The lowest BCUT2D eigenvalue weighted by molar-refractivity contribution is -0.142. The summed E-state index contributed by atoms with van der Waals surface area (Å²) < 4.78 is 16.1. The van der Waals surface area contributed by atoms with E-state index in [0.29, 0.717) is 55.5 Å². The van der Waals surface area contributed by atoms with Crippen LogP contribution in [-0.4, -0.2) is 82.5 Å². The molecule has 1 atom stereocenters. The summed E-state index contributed by atoms with van der Waals surface area (Å²) in [4.78, 5) is 29.4. The summed E-state index contributed by atoms with van der Waals surface area (Å²) in [7, 11) is 3.11. The first-order valence-corrected chi connectivity index (χ1v) is 12.3. The Bertz CT molecular complexity index is 988. The molecule has 2 aromatic rings. The Hall–Kier alpha value is -3.21. The van der Waals surface area contributed by atoms with Crippen molar-refractivity contribution in [3.8, 4) is 22.9 Å². The van der Waals surface area contributed by atoms with Crippen molar-refractivity contribution in [2.45, 2.75) is 72.0 Å². The number of hydrogen-bond acceptors (Lipinski definition) is 8. The zero-order valence-electron chi connectivity index (χ0n) is 22.5. The fourth-order valence-electron chi connectivity index (χ4n) is 3.70. The quantitative estimate of drug-likeness (QED) is 0.390. The number of carbonyl (C=O) groups excluding carboxylic acids is 2. The van der Waals surface area contributed by atoms with Crippen molar-refractivity contribution < 1.29 is 23.8 Å². The van der Waals surface area contributed by atoms with E-state index >= 15 is 0 Å². The van der Waals surface area contributed by atoms with E-state index in [1.165, 1.54) is 4.80 Å². The third-order valence-corrected chi connectivity index (χ3v) is 5.32. The fourth-order valence-corrected chi connectivity index (χ4v) is 3.70. The van der Waals surface area contributed by atoms with Gasteiger partial charge in [-0.05, 0) is 63.9 Å². The molecule has 0 saturated carbocycles. The van der Waals surface area contributed by atoms with E-state index in [2.05, 4.69) is 20.7 Å². The van der Waals surface area contributed by atoms with Gasteiger partial charge in [-0.1, -0.05) is 13.3 Å². The smallest absolute Gasteiger partial charge is 0.246 e. The highest BCUT2D eigenvalue weighted by atomic mass is 16.5. The number of amides is 2. The maximum absolute atomic E-state index is 13.4. The van der Waals surface area contributed by atoms with Gasteiger partial charge in [-0.25, -0.2) is 0 Å². The topological polar surface area (TPSA) is 121 Å². The molecule has 0 saturated heterocycles. The third kappa shape index (κ3) is 8.47. The van der Waals surface area contributed by atoms with Gasteiger partial charge in [-0.2, -0.15) is 4.80 Å². The van der Waals surface area contributed by atoms with Gasteiger partial charge in [-0.3, -0.25) is 9.59 Å². The molecule has 1 heterocycles. The van der Waals surface area contributed by atoms with E-state index < -0.39 is 11.6 Å². The van der Waals surface area contributed by atoms with Gasteiger partial charge >= 0.3 is 0 Å². The number of ether oxygens (including phenoxy) is 3. The molecule has 0 bridgehead atoms. The number of aromatic nitrogens is 4. The zero-order valence-corrected chi connectivity index (χ0v) is 22.5. The van der Waals surface area contributed by atoms with Crippen LogP contribution in [-0.2, 0) is 20.9 Å². The number of carbonyl (C=O) groups is 2. The van der Waals surface area contributed by atoms with Crippen LogP contribution in [0, 0.1) is 0 Å². The van der Waals surface area contributed by atoms with Gasteiger partial charge in [0.05, 0.1) is 14.2 Å². The monoisotopic (exact) mass is 504 g/mol. The van der Waals surface area contributed by atoms with Crippen LogP contribution in [0.2, 0.25) is 0 Å². The van der Waals surface area contributed by atoms with Crippen LogP contribution in [0.4, 0.5) is 0 Å². The average Bonchev–Trinajstić information content (AvgIpc) is 3.29. The summed E-state index contributed by atoms with van der Waals surface area (Å²) in [5, 5.41) is 15.6. The highest BCUT2D eigenvalue weighted by Gasteiger charge is 2.31. The lowest BCUT2D eigenvalue weighted by atomic mass is 10.0. The van der Waals surface area contributed by atoms with Gasteiger partial charge in [0.1, 0.15) is 12.6 Å². The first kappa shape index (κ1) is 29.0. The summed E-state index contributed by atoms with van der Waals surface area (Å²) >= 11 is 0. The molecule has 1 aromatic heterocycles. The van der Waals surface area contributed by atoms with E-state index in [9.17, 15) is 9.59 Å². The van der Waals surface area contributed by atoms with E-state index in [1.54, 1.807) is 37.3 Å². The maximum atomic E-state index is 13.4. The third-order valence-electron chi connectivity index (χ3n) is 5.32. The van der Waals surface area contributed by atoms with E-state index in [-0.39, 0.29) is 18.4 Å².